The summed E-state index contributed by atoms with van der Waals surface area (Å²) in [5.74, 6) is 1.24. The highest BCUT2D eigenvalue weighted by Gasteiger charge is 2.23. The average Bonchev–Trinajstić information content (AvgIpc) is 2.75. The highest BCUT2D eigenvalue weighted by molar-refractivity contribution is 8.00. The molecule has 4 heteroatoms. The van der Waals surface area contributed by atoms with Crippen LogP contribution in [0.15, 0.2) is 18.2 Å². The molecule has 1 aromatic carbocycles. The second kappa shape index (κ2) is 5.63. The Labute approximate surface area is 111 Å². The first-order valence-corrected chi connectivity index (χ1v) is 7.28. The molecule has 1 aliphatic heterocycles. The maximum Gasteiger partial charge on any atom is 0.0453 e. The van der Waals surface area contributed by atoms with Crippen LogP contribution in [-0.4, -0.2) is 17.0 Å². The highest BCUT2D eigenvalue weighted by atomic mass is 35.5. The van der Waals surface area contributed by atoms with Crippen molar-refractivity contribution in [1.82, 2.24) is 0 Å². The quantitative estimate of drug-likeness (QED) is 0.909. The molecule has 1 saturated heterocycles. The zero-order chi connectivity index (χ0) is 11.5. The smallest absolute Gasteiger partial charge is 0.0453 e. The summed E-state index contributed by atoms with van der Waals surface area (Å²) < 4.78 is 0. The zero-order valence-corrected chi connectivity index (χ0v) is 11.3. The molecule has 1 nitrogen and oxygen atoms in total. The van der Waals surface area contributed by atoms with Gasteiger partial charge in [0.1, 0.15) is 0 Å². The Hall–Kier alpha value is 0.110. The fourth-order valence-electron chi connectivity index (χ4n) is 2.01. The van der Waals surface area contributed by atoms with E-state index in [0.717, 1.165) is 17.0 Å². The van der Waals surface area contributed by atoms with Gasteiger partial charge in [0.15, 0.2) is 0 Å². The Morgan fingerprint density at radius 1 is 1.44 bits per heavy atom. The van der Waals surface area contributed by atoms with Gasteiger partial charge in [0.05, 0.1) is 0 Å². The molecule has 0 spiro atoms. The first-order valence-electron chi connectivity index (χ1n) is 5.48. The van der Waals surface area contributed by atoms with Crippen LogP contribution >= 0.6 is 35.0 Å². The molecule has 1 heterocycles. The molecule has 2 unspecified atom stereocenters. The van der Waals surface area contributed by atoms with E-state index in [4.69, 9.17) is 28.9 Å². The number of nitrogens with two attached hydrogens (primary N) is 1. The van der Waals surface area contributed by atoms with Crippen LogP contribution in [-0.2, 0) is 6.42 Å². The molecule has 0 aromatic heterocycles. The largest absolute Gasteiger partial charge is 0.326 e. The Bertz CT molecular complexity index is 364. The number of thioether (sulfide) groups is 1. The van der Waals surface area contributed by atoms with Crippen LogP contribution in [0.3, 0.4) is 0 Å². The third-order valence-electron chi connectivity index (χ3n) is 2.91. The summed E-state index contributed by atoms with van der Waals surface area (Å²) in [4.78, 5) is 0. The summed E-state index contributed by atoms with van der Waals surface area (Å²) in [5.41, 5.74) is 7.31. The van der Waals surface area contributed by atoms with E-state index in [1.807, 2.05) is 23.9 Å². The predicted octanol–water partition coefficient (Wildman–Crippen LogP) is 3.76. The number of benzene rings is 1. The van der Waals surface area contributed by atoms with Gasteiger partial charge in [0, 0.05) is 21.3 Å². The summed E-state index contributed by atoms with van der Waals surface area (Å²) >= 11 is 14.0. The van der Waals surface area contributed by atoms with Crippen molar-refractivity contribution in [3.05, 3.63) is 33.8 Å². The molecule has 0 amide bonds. The van der Waals surface area contributed by atoms with Crippen LogP contribution in [0.1, 0.15) is 18.4 Å². The number of hydrogen-bond donors (Lipinski definition) is 1. The molecule has 2 atom stereocenters. The maximum absolute atomic E-state index is 6.21. The lowest BCUT2D eigenvalue weighted by Gasteiger charge is -2.18. The molecule has 1 aliphatic rings. The zero-order valence-electron chi connectivity index (χ0n) is 8.96. The van der Waals surface area contributed by atoms with E-state index >= 15 is 0 Å². The molecule has 0 bridgehead atoms. The fourth-order valence-corrected chi connectivity index (χ4v) is 3.81. The van der Waals surface area contributed by atoms with Crippen LogP contribution in [0.2, 0.25) is 10.0 Å². The van der Waals surface area contributed by atoms with Crippen molar-refractivity contribution in [3.63, 3.8) is 0 Å². The van der Waals surface area contributed by atoms with E-state index in [9.17, 15) is 0 Å². The van der Waals surface area contributed by atoms with Crippen molar-refractivity contribution < 1.29 is 0 Å². The van der Waals surface area contributed by atoms with Gasteiger partial charge in [0.25, 0.3) is 0 Å². The van der Waals surface area contributed by atoms with Crippen LogP contribution in [0.4, 0.5) is 0 Å². The summed E-state index contributed by atoms with van der Waals surface area (Å²) in [6.07, 6.45) is 3.36. The van der Waals surface area contributed by atoms with E-state index in [1.165, 1.54) is 18.6 Å². The van der Waals surface area contributed by atoms with Gasteiger partial charge < -0.3 is 5.73 Å². The average molecular weight is 276 g/mol. The molecular weight excluding hydrogens is 261 g/mol. The maximum atomic E-state index is 6.21. The van der Waals surface area contributed by atoms with Gasteiger partial charge >= 0.3 is 0 Å². The van der Waals surface area contributed by atoms with Gasteiger partial charge in [-0.15, -0.1) is 0 Å². The normalized spacial score (nSPS) is 22.3. The van der Waals surface area contributed by atoms with Crippen molar-refractivity contribution >= 4 is 35.0 Å². The van der Waals surface area contributed by atoms with Gasteiger partial charge in [-0.25, -0.2) is 0 Å². The predicted molar refractivity (Wildman–Crippen MR) is 73.6 cm³/mol. The Kier molecular flexibility index (Phi) is 4.42. The molecule has 0 aliphatic carbocycles. The molecular formula is C12H15Cl2NS. The van der Waals surface area contributed by atoms with Crippen LogP contribution in [0.5, 0.6) is 0 Å². The van der Waals surface area contributed by atoms with E-state index in [1.54, 1.807) is 6.07 Å². The van der Waals surface area contributed by atoms with Crippen LogP contribution < -0.4 is 5.73 Å². The summed E-state index contributed by atoms with van der Waals surface area (Å²) in [7, 11) is 0. The minimum Gasteiger partial charge on any atom is -0.326 e. The third-order valence-corrected chi connectivity index (χ3v) is 5.04. The lowest BCUT2D eigenvalue weighted by Crippen LogP contribution is -2.33. The Morgan fingerprint density at radius 2 is 2.25 bits per heavy atom. The Morgan fingerprint density at radius 3 is 2.88 bits per heavy atom. The van der Waals surface area contributed by atoms with Crippen LogP contribution in [0, 0.1) is 0 Å². The van der Waals surface area contributed by atoms with Crippen molar-refractivity contribution in [2.24, 2.45) is 5.73 Å². The van der Waals surface area contributed by atoms with Crippen LogP contribution in [0.25, 0.3) is 0 Å². The molecule has 0 radical (unpaired) electrons. The molecule has 1 fully saturated rings. The monoisotopic (exact) mass is 275 g/mol. The first-order chi connectivity index (χ1) is 7.66. The van der Waals surface area contributed by atoms with E-state index in [0.29, 0.717) is 10.3 Å². The van der Waals surface area contributed by atoms with Crippen molar-refractivity contribution in [3.8, 4) is 0 Å². The number of hydrogen-bond acceptors (Lipinski definition) is 2. The second-order valence-corrected chi connectivity index (χ2v) is 6.35. The van der Waals surface area contributed by atoms with E-state index in [-0.39, 0.29) is 6.04 Å². The van der Waals surface area contributed by atoms with Gasteiger partial charge in [-0.05, 0) is 42.7 Å². The summed E-state index contributed by atoms with van der Waals surface area (Å²) in [5, 5.41) is 2.00. The molecule has 16 heavy (non-hydrogen) atoms. The molecule has 88 valence electrons. The van der Waals surface area contributed by atoms with Crippen molar-refractivity contribution in [2.75, 3.05) is 5.75 Å². The second-order valence-electron chi connectivity index (χ2n) is 4.16. The minimum absolute atomic E-state index is 0.200. The van der Waals surface area contributed by atoms with Gasteiger partial charge in [-0.3, -0.25) is 0 Å². The first kappa shape index (κ1) is 12.6. The highest BCUT2D eigenvalue weighted by Crippen LogP contribution is 2.30. The lowest BCUT2D eigenvalue weighted by atomic mass is 10.0. The third kappa shape index (κ3) is 3.07. The van der Waals surface area contributed by atoms with Crippen molar-refractivity contribution in [2.45, 2.75) is 30.6 Å². The number of halogens is 2. The van der Waals surface area contributed by atoms with Crippen molar-refractivity contribution in [1.29, 1.82) is 0 Å². The fraction of sp³-hybridized carbons (Fsp3) is 0.500. The molecule has 1 aromatic rings. The standard InChI is InChI=1S/C12H15Cl2NS/c13-9-4-3-8(10(14)7-9)6-11(15)12-2-1-5-16-12/h3-4,7,11-12H,1-2,5-6,15H2. The lowest BCUT2D eigenvalue weighted by molar-refractivity contribution is 0.609. The minimum atomic E-state index is 0.200. The molecule has 0 saturated carbocycles. The van der Waals surface area contributed by atoms with E-state index in [2.05, 4.69) is 0 Å². The van der Waals surface area contributed by atoms with Gasteiger partial charge in [-0.1, -0.05) is 29.3 Å². The number of rotatable bonds is 3. The van der Waals surface area contributed by atoms with Gasteiger partial charge in [-0.2, -0.15) is 11.8 Å². The summed E-state index contributed by atoms with van der Waals surface area (Å²) in [6.45, 7) is 0. The summed E-state index contributed by atoms with van der Waals surface area (Å²) in [6, 6.07) is 5.83. The topological polar surface area (TPSA) is 26.0 Å². The molecule has 2 N–H and O–H groups in total. The van der Waals surface area contributed by atoms with Gasteiger partial charge in [0.2, 0.25) is 0 Å². The van der Waals surface area contributed by atoms with E-state index < -0.39 is 0 Å². The Balaban J connectivity index is 2.02. The molecule has 2 rings (SSSR count). The SMILES string of the molecule is NC(Cc1ccc(Cl)cc1Cl)C1CCCS1.